The van der Waals surface area contributed by atoms with Crippen LogP contribution in [0.3, 0.4) is 0 Å². The summed E-state index contributed by atoms with van der Waals surface area (Å²) in [6.45, 7) is 0.551. The average molecular weight is 397 g/mol. The molecule has 3 rings (SSSR count). The summed E-state index contributed by atoms with van der Waals surface area (Å²) in [6.07, 6.45) is 1.55. The number of carbonyl (C=O) groups is 1. The fourth-order valence-electron chi connectivity index (χ4n) is 2.75. The molecule has 2 nitrogen and oxygen atoms in total. The van der Waals surface area contributed by atoms with Crippen molar-refractivity contribution in [3.63, 3.8) is 0 Å². The summed E-state index contributed by atoms with van der Waals surface area (Å²) in [4.78, 5) is 12.2. The molecule has 1 aliphatic rings. The highest BCUT2D eigenvalue weighted by atomic mass is 79.9. The molecule has 0 radical (unpaired) electrons. The van der Waals surface area contributed by atoms with E-state index in [0.717, 1.165) is 17.5 Å². The number of nitrogens with one attached hydrogen (secondary N) is 1. The standard InChI is InChI=1S/C18H16BrClFNO/c19-16-8-11(4-5-17(16)21)6-7-22-18(23)15-10-14(15)12-2-1-3-13(20)9-12/h1-5,8-9,14-15H,6-7,10H2,(H,22,23). The molecule has 0 spiro atoms. The van der Waals surface area contributed by atoms with Gasteiger partial charge in [-0.3, -0.25) is 4.79 Å². The number of rotatable bonds is 5. The third-order valence-electron chi connectivity index (χ3n) is 4.10. The highest BCUT2D eigenvalue weighted by Crippen LogP contribution is 2.47. The van der Waals surface area contributed by atoms with Gasteiger partial charge in [-0.25, -0.2) is 4.39 Å². The maximum absolute atomic E-state index is 13.2. The molecule has 120 valence electrons. The number of carbonyl (C=O) groups excluding carboxylic acids is 1. The van der Waals surface area contributed by atoms with E-state index in [9.17, 15) is 9.18 Å². The molecule has 2 aromatic rings. The van der Waals surface area contributed by atoms with Gasteiger partial charge in [-0.05, 0) is 70.1 Å². The quantitative estimate of drug-likeness (QED) is 0.779. The van der Waals surface area contributed by atoms with Crippen LogP contribution in [0.4, 0.5) is 4.39 Å². The number of benzene rings is 2. The van der Waals surface area contributed by atoms with Crippen molar-refractivity contribution in [2.75, 3.05) is 6.54 Å². The van der Waals surface area contributed by atoms with Crippen molar-refractivity contribution in [2.24, 2.45) is 5.92 Å². The zero-order valence-electron chi connectivity index (χ0n) is 12.4. The normalized spacial score (nSPS) is 19.4. The van der Waals surface area contributed by atoms with E-state index < -0.39 is 0 Å². The van der Waals surface area contributed by atoms with Gasteiger partial charge in [0.1, 0.15) is 5.82 Å². The van der Waals surface area contributed by atoms with E-state index in [-0.39, 0.29) is 23.6 Å². The van der Waals surface area contributed by atoms with Gasteiger partial charge < -0.3 is 5.32 Å². The number of halogens is 3. The molecule has 0 aromatic heterocycles. The molecule has 1 fully saturated rings. The molecule has 0 saturated heterocycles. The second-order valence-electron chi connectivity index (χ2n) is 5.79. The van der Waals surface area contributed by atoms with Crippen molar-refractivity contribution in [2.45, 2.75) is 18.8 Å². The Kier molecular flexibility index (Phi) is 5.02. The van der Waals surface area contributed by atoms with Crippen molar-refractivity contribution in [3.8, 4) is 0 Å². The summed E-state index contributed by atoms with van der Waals surface area (Å²) >= 11 is 9.15. The minimum atomic E-state index is -0.278. The van der Waals surface area contributed by atoms with Crippen LogP contribution < -0.4 is 5.32 Å². The molecular formula is C18H16BrClFNO. The first-order chi connectivity index (χ1) is 11.0. The fraction of sp³-hybridized carbons (Fsp3) is 0.278. The predicted octanol–water partition coefficient (Wildman–Crippen LogP) is 4.70. The van der Waals surface area contributed by atoms with Gasteiger partial charge in [-0.2, -0.15) is 0 Å². The Bertz CT molecular complexity index is 737. The lowest BCUT2D eigenvalue weighted by Crippen LogP contribution is -2.27. The van der Waals surface area contributed by atoms with Crippen LogP contribution in [0.2, 0.25) is 5.02 Å². The van der Waals surface area contributed by atoms with E-state index in [1.807, 2.05) is 24.3 Å². The van der Waals surface area contributed by atoms with Crippen LogP contribution >= 0.6 is 27.5 Å². The minimum Gasteiger partial charge on any atom is -0.356 e. The molecule has 0 bridgehead atoms. The van der Waals surface area contributed by atoms with Crippen molar-refractivity contribution >= 4 is 33.4 Å². The van der Waals surface area contributed by atoms with Crippen molar-refractivity contribution in [1.82, 2.24) is 5.32 Å². The zero-order chi connectivity index (χ0) is 16.4. The fourth-order valence-corrected chi connectivity index (χ4v) is 3.37. The van der Waals surface area contributed by atoms with Crippen LogP contribution in [0.1, 0.15) is 23.5 Å². The van der Waals surface area contributed by atoms with Gasteiger partial charge >= 0.3 is 0 Å². The van der Waals surface area contributed by atoms with E-state index in [1.54, 1.807) is 12.1 Å². The summed E-state index contributed by atoms with van der Waals surface area (Å²) in [6, 6.07) is 12.6. The Morgan fingerprint density at radius 1 is 1.30 bits per heavy atom. The average Bonchev–Trinajstić information content (AvgIpc) is 3.31. The summed E-state index contributed by atoms with van der Waals surface area (Å²) in [5.74, 6) is 0.110. The molecule has 0 heterocycles. The Morgan fingerprint density at radius 2 is 2.13 bits per heavy atom. The predicted molar refractivity (Wildman–Crippen MR) is 93.1 cm³/mol. The third-order valence-corrected chi connectivity index (χ3v) is 4.94. The van der Waals surface area contributed by atoms with Crippen LogP contribution in [-0.4, -0.2) is 12.5 Å². The molecule has 23 heavy (non-hydrogen) atoms. The smallest absolute Gasteiger partial charge is 0.223 e. The van der Waals surface area contributed by atoms with E-state index in [0.29, 0.717) is 22.5 Å². The van der Waals surface area contributed by atoms with Crippen LogP contribution in [0, 0.1) is 11.7 Å². The summed E-state index contributed by atoms with van der Waals surface area (Å²) in [5.41, 5.74) is 2.11. The van der Waals surface area contributed by atoms with Crippen LogP contribution in [0.15, 0.2) is 46.9 Å². The number of hydrogen-bond acceptors (Lipinski definition) is 1. The Hall–Kier alpha value is -1.39. The maximum atomic E-state index is 13.2. The zero-order valence-corrected chi connectivity index (χ0v) is 14.7. The molecule has 1 saturated carbocycles. The molecule has 0 aliphatic heterocycles. The minimum absolute atomic E-state index is 0.0356. The second-order valence-corrected chi connectivity index (χ2v) is 7.08. The molecule has 1 aliphatic carbocycles. The molecule has 1 amide bonds. The van der Waals surface area contributed by atoms with Crippen LogP contribution in [0.5, 0.6) is 0 Å². The van der Waals surface area contributed by atoms with Crippen LogP contribution in [-0.2, 0) is 11.2 Å². The highest BCUT2D eigenvalue weighted by molar-refractivity contribution is 9.10. The molecule has 2 atom stereocenters. The lowest BCUT2D eigenvalue weighted by atomic mass is 10.1. The molecule has 5 heteroatoms. The Morgan fingerprint density at radius 3 is 2.87 bits per heavy atom. The Labute approximate surface area is 148 Å². The number of amides is 1. The summed E-state index contributed by atoms with van der Waals surface area (Å²) in [7, 11) is 0. The second kappa shape index (κ2) is 7.02. The lowest BCUT2D eigenvalue weighted by Gasteiger charge is -2.06. The van der Waals surface area contributed by atoms with E-state index >= 15 is 0 Å². The Balaban J connectivity index is 1.48. The first-order valence-electron chi connectivity index (χ1n) is 7.51. The number of hydrogen-bond donors (Lipinski definition) is 1. The van der Waals surface area contributed by atoms with Gasteiger partial charge in [0.15, 0.2) is 0 Å². The van der Waals surface area contributed by atoms with Gasteiger partial charge in [0.2, 0.25) is 5.91 Å². The molecule has 1 N–H and O–H groups in total. The van der Waals surface area contributed by atoms with E-state index in [4.69, 9.17) is 11.6 Å². The first kappa shape index (κ1) is 16.5. The third kappa shape index (κ3) is 4.12. The van der Waals surface area contributed by atoms with Crippen molar-refractivity contribution in [3.05, 3.63) is 68.9 Å². The summed E-state index contributed by atoms with van der Waals surface area (Å²) in [5, 5.41) is 3.66. The molecule has 2 unspecified atom stereocenters. The first-order valence-corrected chi connectivity index (χ1v) is 8.69. The molecular weight excluding hydrogens is 381 g/mol. The molecule has 2 aromatic carbocycles. The van der Waals surface area contributed by atoms with Gasteiger partial charge in [0.25, 0.3) is 0 Å². The topological polar surface area (TPSA) is 29.1 Å². The van der Waals surface area contributed by atoms with Crippen molar-refractivity contribution in [1.29, 1.82) is 0 Å². The van der Waals surface area contributed by atoms with Gasteiger partial charge in [-0.1, -0.05) is 29.8 Å². The monoisotopic (exact) mass is 395 g/mol. The lowest BCUT2D eigenvalue weighted by molar-refractivity contribution is -0.122. The summed E-state index contributed by atoms with van der Waals surface area (Å²) < 4.78 is 13.6. The van der Waals surface area contributed by atoms with Gasteiger partial charge in [0.05, 0.1) is 4.47 Å². The van der Waals surface area contributed by atoms with E-state index in [2.05, 4.69) is 21.2 Å². The van der Waals surface area contributed by atoms with E-state index in [1.165, 1.54) is 6.07 Å². The highest BCUT2D eigenvalue weighted by Gasteiger charge is 2.43. The van der Waals surface area contributed by atoms with Crippen LogP contribution in [0.25, 0.3) is 0 Å². The largest absolute Gasteiger partial charge is 0.356 e. The van der Waals surface area contributed by atoms with Crippen molar-refractivity contribution < 1.29 is 9.18 Å². The SMILES string of the molecule is O=C(NCCc1ccc(F)c(Br)c1)C1CC1c1cccc(Cl)c1. The van der Waals surface area contributed by atoms with Gasteiger partial charge in [-0.15, -0.1) is 0 Å². The van der Waals surface area contributed by atoms with Gasteiger partial charge in [0, 0.05) is 17.5 Å². The maximum Gasteiger partial charge on any atom is 0.223 e.